The lowest BCUT2D eigenvalue weighted by Gasteiger charge is -2.26. The number of ether oxygens (including phenoxy) is 1. The van der Waals surface area contributed by atoms with Gasteiger partial charge in [0.25, 0.3) is 0 Å². The molecule has 0 saturated carbocycles. The van der Waals surface area contributed by atoms with E-state index in [1.165, 1.54) is 10.4 Å². The van der Waals surface area contributed by atoms with Crippen LogP contribution in [0.1, 0.15) is 36.0 Å². The van der Waals surface area contributed by atoms with Crippen LogP contribution >= 0.6 is 11.3 Å². The van der Waals surface area contributed by atoms with Crippen LogP contribution in [0.4, 0.5) is 5.13 Å². The molecule has 2 atom stereocenters. The Kier molecular flexibility index (Phi) is 5.53. The molecule has 0 unspecified atom stereocenters. The van der Waals surface area contributed by atoms with E-state index >= 15 is 0 Å². The molecule has 6 nitrogen and oxygen atoms in total. The zero-order chi connectivity index (χ0) is 17.1. The molecule has 1 aliphatic rings. The molecular weight excluding hydrogens is 322 g/mol. The Morgan fingerprint density at radius 1 is 1.29 bits per heavy atom. The van der Waals surface area contributed by atoms with Gasteiger partial charge in [0.05, 0.1) is 31.1 Å². The second-order valence-corrected chi connectivity index (χ2v) is 7.57. The van der Waals surface area contributed by atoms with Gasteiger partial charge in [-0.1, -0.05) is 0 Å². The Morgan fingerprint density at radius 3 is 2.71 bits per heavy atom. The number of hydrogen-bond donors (Lipinski definition) is 1. The molecule has 7 heteroatoms. The van der Waals surface area contributed by atoms with Crippen LogP contribution in [0.3, 0.4) is 0 Å². The molecule has 2 aromatic heterocycles. The fourth-order valence-electron chi connectivity index (χ4n) is 2.78. The highest BCUT2D eigenvalue weighted by Crippen LogP contribution is 2.27. The summed E-state index contributed by atoms with van der Waals surface area (Å²) in [6, 6.07) is 0.642. The highest BCUT2D eigenvalue weighted by atomic mass is 32.1. The van der Waals surface area contributed by atoms with Crippen LogP contribution in [0.5, 0.6) is 0 Å². The molecule has 0 aromatic carbocycles. The number of anilines is 1. The molecule has 3 rings (SSSR count). The van der Waals surface area contributed by atoms with Crippen molar-refractivity contribution < 1.29 is 4.74 Å². The summed E-state index contributed by atoms with van der Waals surface area (Å²) in [4.78, 5) is 8.38. The molecule has 1 fully saturated rings. The SMILES string of the molecule is Cc1cnn([C@H](C)[C@H](C)NCc2sc(N3CCOCC3)nc2C)c1. The summed E-state index contributed by atoms with van der Waals surface area (Å²) < 4.78 is 7.46. The van der Waals surface area contributed by atoms with Crippen molar-refractivity contribution in [2.24, 2.45) is 0 Å². The molecular formula is C17H27N5OS. The quantitative estimate of drug-likeness (QED) is 0.868. The Morgan fingerprint density at radius 2 is 2.04 bits per heavy atom. The van der Waals surface area contributed by atoms with Gasteiger partial charge in [0.2, 0.25) is 0 Å². The van der Waals surface area contributed by atoms with Gasteiger partial charge in [-0.2, -0.15) is 5.10 Å². The predicted molar refractivity (Wildman–Crippen MR) is 97.9 cm³/mol. The molecule has 0 radical (unpaired) electrons. The Balaban J connectivity index is 1.58. The molecule has 2 aromatic rings. The maximum Gasteiger partial charge on any atom is 0.185 e. The van der Waals surface area contributed by atoms with Crippen LogP contribution in [0.2, 0.25) is 0 Å². The van der Waals surface area contributed by atoms with Crippen LogP contribution in [0.15, 0.2) is 12.4 Å². The maximum absolute atomic E-state index is 5.42. The summed E-state index contributed by atoms with van der Waals surface area (Å²) in [5.74, 6) is 0. The summed E-state index contributed by atoms with van der Waals surface area (Å²) in [7, 11) is 0. The minimum absolute atomic E-state index is 0.311. The summed E-state index contributed by atoms with van der Waals surface area (Å²) >= 11 is 1.79. The lowest BCUT2D eigenvalue weighted by molar-refractivity contribution is 0.122. The lowest BCUT2D eigenvalue weighted by atomic mass is 10.1. The second-order valence-electron chi connectivity index (χ2n) is 6.51. The van der Waals surface area contributed by atoms with E-state index in [1.807, 2.05) is 10.9 Å². The highest BCUT2D eigenvalue weighted by Gasteiger charge is 2.19. The molecule has 1 saturated heterocycles. The van der Waals surface area contributed by atoms with Crippen LogP contribution < -0.4 is 10.2 Å². The Hall–Kier alpha value is -1.44. The van der Waals surface area contributed by atoms with Crippen molar-refractivity contribution in [3.63, 3.8) is 0 Å². The summed E-state index contributed by atoms with van der Waals surface area (Å²) in [5, 5.41) is 9.17. The van der Waals surface area contributed by atoms with Crippen LogP contribution in [0.25, 0.3) is 0 Å². The number of morpholine rings is 1. The maximum atomic E-state index is 5.42. The lowest BCUT2D eigenvalue weighted by Crippen LogP contribution is -2.36. The molecule has 1 N–H and O–H groups in total. The number of hydrogen-bond acceptors (Lipinski definition) is 6. The van der Waals surface area contributed by atoms with Crippen molar-refractivity contribution in [2.45, 2.75) is 46.3 Å². The predicted octanol–water partition coefficient (Wildman–Crippen LogP) is 2.53. The van der Waals surface area contributed by atoms with E-state index in [0.717, 1.165) is 43.7 Å². The monoisotopic (exact) mass is 349 g/mol. The van der Waals surface area contributed by atoms with E-state index in [1.54, 1.807) is 11.3 Å². The van der Waals surface area contributed by atoms with Gasteiger partial charge < -0.3 is 15.0 Å². The van der Waals surface area contributed by atoms with Crippen molar-refractivity contribution in [3.8, 4) is 0 Å². The molecule has 24 heavy (non-hydrogen) atoms. The van der Waals surface area contributed by atoms with E-state index in [-0.39, 0.29) is 0 Å². The van der Waals surface area contributed by atoms with Gasteiger partial charge >= 0.3 is 0 Å². The van der Waals surface area contributed by atoms with Crippen molar-refractivity contribution >= 4 is 16.5 Å². The number of aromatic nitrogens is 3. The number of nitrogens with one attached hydrogen (secondary N) is 1. The highest BCUT2D eigenvalue weighted by molar-refractivity contribution is 7.15. The molecule has 1 aliphatic heterocycles. The average molecular weight is 350 g/mol. The number of thiazole rings is 1. The van der Waals surface area contributed by atoms with E-state index in [9.17, 15) is 0 Å². The fraction of sp³-hybridized carbons (Fsp3) is 0.647. The van der Waals surface area contributed by atoms with E-state index in [4.69, 9.17) is 9.72 Å². The zero-order valence-corrected chi connectivity index (χ0v) is 15.8. The first-order chi connectivity index (χ1) is 11.5. The van der Waals surface area contributed by atoms with Crippen LogP contribution in [-0.4, -0.2) is 47.1 Å². The van der Waals surface area contributed by atoms with E-state index in [2.05, 4.69) is 49.2 Å². The normalized spacial score (nSPS) is 17.9. The summed E-state index contributed by atoms with van der Waals surface area (Å²) in [5.41, 5.74) is 2.33. The molecule has 132 valence electrons. The fourth-order valence-corrected chi connectivity index (χ4v) is 3.84. The average Bonchev–Trinajstić information content (AvgIpc) is 3.19. The zero-order valence-electron chi connectivity index (χ0n) is 15.0. The van der Waals surface area contributed by atoms with Gasteiger partial charge in [-0.3, -0.25) is 4.68 Å². The van der Waals surface area contributed by atoms with Crippen LogP contribution in [-0.2, 0) is 11.3 Å². The summed E-state index contributed by atoms with van der Waals surface area (Å²) in [6.07, 6.45) is 4.00. The molecule has 3 heterocycles. The standard InChI is InChI=1S/C17H27N5OS/c1-12-9-19-22(11-12)15(4)13(2)18-10-16-14(3)20-17(24-16)21-5-7-23-8-6-21/h9,11,13,15,18H,5-8,10H2,1-4H3/t13-,15+/m0/s1. The molecule has 0 aliphatic carbocycles. The molecule has 0 spiro atoms. The number of nitrogens with zero attached hydrogens (tertiary/aromatic N) is 4. The smallest absolute Gasteiger partial charge is 0.185 e. The number of aryl methyl sites for hydroxylation is 2. The van der Waals surface area contributed by atoms with Crippen LogP contribution in [0, 0.1) is 13.8 Å². The van der Waals surface area contributed by atoms with Gasteiger partial charge in [0.1, 0.15) is 0 Å². The first-order valence-corrected chi connectivity index (χ1v) is 9.39. The van der Waals surface area contributed by atoms with Crippen molar-refractivity contribution in [2.75, 3.05) is 31.2 Å². The third kappa shape index (κ3) is 3.96. The minimum atomic E-state index is 0.311. The third-order valence-electron chi connectivity index (χ3n) is 4.62. The molecule has 0 bridgehead atoms. The Labute approximate surface area is 147 Å². The Bertz CT molecular complexity index is 662. The largest absolute Gasteiger partial charge is 0.378 e. The van der Waals surface area contributed by atoms with Gasteiger partial charge in [-0.25, -0.2) is 4.98 Å². The van der Waals surface area contributed by atoms with Gasteiger partial charge in [0.15, 0.2) is 5.13 Å². The third-order valence-corrected chi connectivity index (χ3v) is 5.84. The molecule has 0 amide bonds. The summed E-state index contributed by atoms with van der Waals surface area (Å²) in [6.45, 7) is 12.9. The first-order valence-electron chi connectivity index (χ1n) is 8.57. The van der Waals surface area contributed by atoms with Crippen molar-refractivity contribution in [1.82, 2.24) is 20.1 Å². The first kappa shape index (κ1) is 17.4. The minimum Gasteiger partial charge on any atom is -0.378 e. The number of rotatable bonds is 6. The topological polar surface area (TPSA) is 55.2 Å². The van der Waals surface area contributed by atoms with Gasteiger partial charge in [0, 0.05) is 36.8 Å². The van der Waals surface area contributed by atoms with Crippen molar-refractivity contribution in [1.29, 1.82) is 0 Å². The second kappa shape index (κ2) is 7.63. The van der Waals surface area contributed by atoms with Gasteiger partial charge in [-0.05, 0) is 33.3 Å². The van der Waals surface area contributed by atoms with Crippen molar-refractivity contribution in [3.05, 3.63) is 28.5 Å². The van der Waals surface area contributed by atoms with Gasteiger partial charge in [-0.15, -0.1) is 11.3 Å². The van der Waals surface area contributed by atoms with E-state index in [0.29, 0.717) is 12.1 Å². The van der Waals surface area contributed by atoms with E-state index < -0.39 is 0 Å².